The van der Waals surface area contributed by atoms with Crippen LogP contribution in [0.3, 0.4) is 0 Å². The van der Waals surface area contributed by atoms with E-state index in [-0.39, 0.29) is 5.97 Å². The summed E-state index contributed by atoms with van der Waals surface area (Å²) < 4.78 is 5.07. The Kier molecular flexibility index (Phi) is 5.57. The SMILES string of the molecule is CCCCC1(C(=O)OC)C=CCN(Cc2ccccc2)C1. The third-order valence-corrected chi connectivity index (χ3v) is 4.12. The van der Waals surface area contributed by atoms with Gasteiger partial charge in [0, 0.05) is 19.6 Å². The van der Waals surface area contributed by atoms with Crippen molar-refractivity contribution in [3.63, 3.8) is 0 Å². The molecule has 1 aliphatic heterocycles. The molecule has 0 bridgehead atoms. The van der Waals surface area contributed by atoms with Crippen molar-refractivity contribution in [1.82, 2.24) is 4.90 Å². The molecule has 0 saturated heterocycles. The van der Waals surface area contributed by atoms with Crippen LogP contribution in [-0.4, -0.2) is 31.1 Å². The molecule has 1 heterocycles. The fourth-order valence-corrected chi connectivity index (χ4v) is 3.00. The van der Waals surface area contributed by atoms with Crippen molar-refractivity contribution >= 4 is 5.97 Å². The lowest BCUT2D eigenvalue weighted by Crippen LogP contribution is -2.45. The Morgan fingerprint density at radius 1 is 1.33 bits per heavy atom. The van der Waals surface area contributed by atoms with Crippen LogP contribution in [-0.2, 0) is 16.1 Å². The van der Waals surface area contributed by atoms with E-state index in [2.05, 4.69) is 48.2 Å². The van der Waals surface area contributed by atoms with Crippen molar-refractivity contribution < 1.29 is 9.53 Å². The molecule has 1 aromatic carbocycles. The number of hydrogen-bond acceptors (Lipinski definition) is 3. The maximum absolute atomic E-state index is 12.3. The zero-order chi connectivity index (χ0) is 15.1. The first-order valence-electron chi connectivity index (χ1n) is 7.72. The summed E-state index contributed by atoms with van der Waals surface area (Å²) in [5.74, 6) is -0.107. The highest BCUT2D eigenvalue weighted by Gasteiger charge is 2.39. The number of carbonyl (C=O) groups excluding carboxylic acids is 1. The van der Waals surface area contributed by atoms with Crippen LogP contribution in [0.2, 0.25) is 0 Å². The number of methoxy groups -OCH3 is 1. The number of carbonyl (C=O) groups is 1. The van der Waals surface area contributed by atoms with Gasteiger partial charge in [-0.1, -0.05) is 62.2 Å². The number of benzene rings is 1. The number of rotatable bonds is 6. The maximum Gasteiger partial charge on any atom is 0.316 e. The second kappa shape index (κ2) is 7.41. The first kappa shape index (κ1) is 15.8. The van der Waals surface area contributed by atoms with E-state index < -0.39 is 5.41 Å². The Bertz CT molecular complexity index is 483. The molecule has 0 amide bonds. The van der Waals surface area contributed by atoms with E-state index in [1.165, 1.54) is 12.7 Å². The largest absolute Gasteiger partial charge is 0.468 e. The number of esters is 1. The summed E-state index contributed by atoms with van der Waals surface area (Å²) in [6.07, 6.45) is 7.16. The monoisotopic (exact) mass is 287 g/mol. The van der Waals surface area contributed by atoms with Crippen molar-refractivity contribution in [1.29, 1.82) is 0 Å². The Balaban J connectivity index is 2.10. The van der Waals surface area contributed by atoms with Gasteiger partial charge in [-0.15, -0.1) is 0 Å². The number of ether oxygens (including phenoxy) is 1. The standard InChI is InChI=1S/C18H25NO2/c1-3-4-11-18(17(20)21-2)12-8-13-19(15-18)14-16-9-6-5-7-10-16/h5-10,12H,3-4,11,13-15H2,1-2H3. The minimum Gasteiger partial charge on any atom is -0.468 e. The van der Waals surface area contributed by atoms with E-state index in [0.29, 0.717) is 0 Å². The third-order valence-electron chi connectivity index (χ3n) is 4.12. The van der Waals surface area contributed by atoms with Gasteiger partial charge in [0.2, 0.25) is 0 Å². The number of hydrogen-bond donors (Lipinski definition) is 0. The van der Waals surface area contributed by atoms with Crippen molar-refractivity contribution in [3.05, 3.63) is 48.0 Å². The normalized spacial score (nSPS) is 22.2. The summed E-state index contributed by atoms with van der Waals surface area (Å²) in [6, 6.07) is 10.4. The Morgan fingerprint density at radius 3 is 2.76 bits per heavy atom. The fourth-order valence-electron chi connectivity index (χ4n) is 3.00. The van der Waals surface area contributed by atoms with Crippen LogP contribution in [0.15, 0.2) is 42.5 Å². The molecule has 1 aromatic rings. The predicted molar refractivity (Wildman–Crippen MR) is 84.8 cm³/mol. The maximum atomic E-state index is 12.3. The summed E-state index contributed by atoms with van der Waals surface area (Å²) in [6.45, 7) is 4.65. The molecule has 114 valence electrons. The summed E-state index contributed by atoms with van der Waals surface area (Å²) in [4.78, 5) is 14.6. The molecule has 0 fully saturated rings. The van der Waals surface area contributed by atoms with Gasteiger partial charge in [0.05, 0.1) is 12.5 Å². The minimum absolute atomic E-state index is 0.107. The fraction of sp³-hybridized carbons (Fsp3) is 0.500. The molecule has 0 saturated carbocycles. The second-order valence-electron chi connectivity index (χ2n) is 5.81. The molecule has 0 aliphatic carbocycles. The smallest absolute Gasteiger partial charge is 0.316 e. The molecule has 21 heavy (non-hydrogen) atoms. The molecular formula is C18H25NO2. The van der Waals surface area contributed by atoms with E-state index >= 15 is 0 Å². The van der Waals surface area contributed by atoms with Crippen LogP contribution in [0.1, 0.15) is 31.7 Å². The average molecular weight is 287 g/mol. The van der Waals surface area contributed by atoms with Gasteiger partial charge in [-0.3, -0.25) is 9.69 Å². The Labute approximate surface area is 127 Å². The van der Waals surface area contributed by atoms with Gasteiger partial charge in [0.15, 0.2) is 0 Å². The molecule has 0 aromatic heterocycles. The molecule has 1 atom stereocenters. The lowest BCUT2D eigenvalue weighted by molar-refractivity contribution is -0.151. The lowest BCUT2D eigenvalue weighted by atomic mass is 9.80. The third kappa shape index (κ3) is 3.94. The van der Waals surface area contributed by atoms with Gasteiger partial charge in [-0.05, 0) is 12.0 Å². The van der Waals surface area contributed by atoms with E-state index in [4.69, 9.17) is 4.74 Å². The Morgan fingerprint density at radius 2 is 2.10 bits per heavy atom. The van der Waals surface area contributed by atoms with Crippen LogP contribution in [0.25, 0.3) is 0 Å². The van der Waals surface area contributed by atoms with Gasteiger partial charge in [0.25, 0.3) is 0 Å². The topological polar surface area (TPSA) is 29.5 Å². The predicted octanol–water partition coefficient (Wildman–Crippen LogP) is 3.41. The molecule has 3 nitrogen and oxygen atoms in total. The van der Waals surface area contributed by atoms with E-state index in [1.54, 1.807) is 0 Å². The molecule has 1 aliphatic rings. The molecule has 3 heteroatoms. The highest BCUT2D eigenvalue weighted by atomic mass is 16.5. The highest BCUT2D eigenvalue weighted by Crippen LogP contribution is 2.32. The van der Waals surface area contributed by atoms with Crippen LogP contribution >= 0.6 is 0 Å². The van der Waals surface area contributed by atoms with Crippen LogP contribution in [0.4, 0.5) is 0 Å². The van der Waals surface area contributed by atoms with E-state index in [9.17, 15) is 4.79 Å². The summed E-state index contributed by atoms with van der Waals surface area (Å²) in [5, 5.41) is 0. The molecular weight excluding hydrogens is 262 g/mol. The summed E-state index contributed by atoms with van der Waals surface area (Å²) in [5.41, 5.74) is 0.805. The number of nitrogens with zero attached hydrogens (tertiary/aromatic N) is 1. The number of unbranched alkanes of at least 4 members (excludes halogenated alkanes) is 1. The summed E-state index contributed by atoms with van der Waals surface area (Å²) >= 11 is 0. The van der Waals surface area contributed by atoms with E-state index in [1.807, 2.05) is 6.07 Å². The van der Waals surface area contributed by atoms with Gasteiger partial charge >= 0.3 is 5.97 Å². The lowest BCUT2D eigenvalue weighted by Gasteiger charge is -2.37. The first-order valence-corrected chi connectivity index (χ1v) is 7.72. The van der Waals surface area contributed by atoms with Crippen molar-refractivity contribution in [2.75, 3.05) is 20.2 Å². The Hall–Kier alpha value is -1.61. The zero-order valence-electron chi connectivity index (χ0n) is 13.0. The van der Waals surface area contributed by atoms with Gasteiger partial charge < -0.3 is 4.74 Å². The zero-order valence-corrected chi connectivity index (χ0v) is 13.0. The highest BCUT2D eigenvalue weighted by molar-refractivity contribution is 5.79. The van der Waals surface area contributed by atoms with Crippen LogP contribution < -0.4 is 0 Å². The molecule has 2 rings (SSSR count). The molecule has 0 spiro atoms. The molecule has 1 unspecified atom stereocenters. The molecule has 0 radical (unpaired) electrons. The quantitative estimate of drug-likeness (QED) is 0.593. The second-order valence-corrected chi connectivity index (χ2v) is 5.81. The summed E-state index contributed by atoms with van der Waals surface area (Å²) in [7, 11) is 1.49. The van der Waals surface area contributed by atoms with Crippen LogP contribution in [0.5, 0.6) is 0 Å². The van der Waals surface area contributed by atoms with Crippen LogP contribution in [0, 0.1) is 5.41 Å². The average Bonchev–Trinajstić information content (AvgIpc) is 2.53. The van der Waals surface area contributed by atoms with Crippen molar-refractivity contribution in [2.24, 2.45) is 5.41 Å². The van der Waals surface area contributed by atoms with Crippen molar-refractivity contribution in [3.8, 4) is 0 Å². The van der Waals surface area contributed by atoms with E-state index in [0.717, 1.165) is 38.9 Å². The van der Waals surface area contributed by atoms with Gasteiger partial charge in [-0.2, -0.15) is 0 Å². The van der Waals surface area contributed by atoms with Gasteiger partial charge in [-0.25, -0.2) is 0 Å². The van der Waals surface area contributed by atoms with Gasteiger partial charge in [0.1, 0.15) is 0 Å². The van der Waals surface area contributed by atoms with Crippen molar-refractivity contribution in [2.45, 2.75) is 32.7 Å². The first-order chi connectivity index (χ1) is 10.2. The minimum atomic E-state index is -0.474. The molecule has 0 N–H and O–H groups in total.